The predicted molar refractivity (Wildman–Crippen MR) is 57.7 cm³/mol. The van der Waals surface area contributed by atoms with E-state index in [0.29, 0.717) is 0 Å². The van der Waals surface area contributed by atoms with Crippen LogP contribution in [0.25, 0.3) is 10.2 Å². The summed E-state index contributed by atoms with van der Waals surface area (Å²) in [7, 11) is 0. The Hall–Kier alpha value is -0.430. The van der Waals surface area contributed by atoms with Crippen molar-refractivity contribution in [2.45, 2.75) is 6.92 Å². The van der Waals surface area contributed by atoms with Crippen molar-refractivity contribution in [1.29, 1.82) is 0 Å². The minimum absolute atomic E-state index is 0.0448. The van der Waals surface area contributed by atoms with Crippen LogP contribution in [0.15, 0.2) is 11.1 Å². The zero-order valence-corrected chi connectivity index (χ0v) is 9.19. The van der Waals surface area contributed by atoms with Gasteiger partial charge in [0.05, 0.1) is 14.6 Å². The van der Waals surface area contributed by atoms with Crippen LogP contribution < -0.4 is 5.56 Å². The van der Waals surface area contributed by atoms with E-state index in [-0.39, 0.29) is 5.56 Å². The number of fused-ring (bicyclic) bond motifs is 1. The second-order valence-electron chi connectivity index (χ2n) is 2.41. The van der Waals surface area contributed by atoms with Gasteiger partial charge in [0.15, 0.2) is 0 Å². The highest BCUT2D eigenvalue weighted by atomic mass is 127. The molecule has 12 heavy (non-hydrogen) atoms. The number of thiophene rings is 1. The van der Waals surface area contributed by atoms with Gasteiger partial charge < -0.3 is 4.98 Å². The van der Waals surface area contributed by atoms with Gasteiger partial charge in [0.1, 0.15) is 4.83 Å². The lowest BCUT2D eigenvalue weighted by Gasteiger charge is -1.87. The lowest BCUT2D eigenvalue weighted by Crippen LogP contribution is -2.05. The third kappa shape index (κ3) is 1.08. The fourth-order valence-corrected chi connectivity index (χ4v) is 2.82. The first kappa shape index (κ1) is 8.18. The molecule has 0 aromatic carbocycles. The molecule has 0 bridgehead atoms. The van der Waals surface area contributed by atoms with Crippen LogP contribution in [-0.4, -0.2) is 9.97 Å². The second-order valence-corrected chi connectivity index (χ2v) is 5.22. The highest BCUT2D eigenvalue weighted by Crippen LogP contribution is 2.27. The van der Waals surface area contributed by atoms with Crippen LogP contribution in [0.5, 0.6) is 0 Å². The van der Waals surface area contributed by atoms with Crippen molar-refractivity contribution in [3.8, 4) is 0 Å². The number of halogens is 1. The fourth-order valence-electron chi connectivity index (χ4n) is 1.05. The standard InChI is InChI=1S/C7H5IN2OS/c1-3-4-6(11)9-2-10-7(4)12-5(3)8/h2H,1H3,(H,9,10,11). The maximum Gasteiger partial charge on any atom is 0.259 e. The summed E-state index contributed by atoms with van der Waals surface area (Å²) in [6, 6.07) is 0. The van der Waals surface area contributed by atoms with Crippen molar-refractivity contribution in [2.24, 2.45) is 0 Å². The quantitative estimate of drug-likeness (QED) is 0.754. The lowest BCUT2D eigenvalue weighted by atomic mass is 10.3. The number of aromatic amines is 1. The zero-order chi connectivity index (χ0) is 8.72. The Balaban J connectivity index is 3.07. The van der Waals surface area contributed by atoms with Gasteiger partial charge in [0.2, 0.25) is 0 Å². The average molecular weight is 292 g/mol. The number of nitrogens with zero attached hydrogens (tertiary/aromatic N) is 1. The molecule has 0 amide bonds. The molecule has 0 aliphatic carbocycles. The van der Waals surface area contributed by atoms with Crippen LogP contribution in [0.2, 0.25) is 0 Å². The van der Waals surface area contributed by atoms with E-state index in [1.807, 2.05) is 6.92 Å². The number of aryl methyl sites for hydroxylation is 1. The van der Waals surface area contributed by atoms with E-state index in [1.54, 1.807) is 11.3 Å². The Morgan fingerprint density at radius 2 is 2.42 bits per heavy atom. The molecule has 0 atom stereocenters. The van der Waals surface area contributed by atoms with Gasteiger partial charge in [-0.05, 0) is 35.1 Å². The molecule has 2 heterocycles. The van der Waals surface area contributed by atoms with Crippen molar-refractivity contribution in [3.05, 3.63) is 25.1 Å². The van der Waals surface area contributed by atoms with E-state index in [2.05, 4.69) is 32.6 Å². The van der Waals surface area contributed by atoms with E-state index < -0.39 is 0 Å². The summed E-state index contributed by atoms with van der Waals surface area (Å²) in [5, 5.41) is 0.729. The van der Waals surface area contributed by atoms with Gasteiger partial charge in [-0.1, -0.05) is 0 Å². The van der Waals surface area contributed by atoms with Gasteiger partial charge in [0.25, 0.3) is 5.56 Å². The highest BCUT2D eigenvalue weighted by Gasteiger charge is 2.09. The molecule has 1 N–H and O–H groups in total. The van der Waals surface area contributed by atoms with Gasteiger partial charge in [-0.3, -0.25) is 4.79 Å². The van der Waals surface area contributed by atoms with Crippen LogP contribution in [0, 0.1) is 9.81 Å². The maximum absolute atomic E-state index is 11.3. The van der Waals surface area contributed by atoms with Gasteiger partial charge in [0, 0.05) is 0 Å². The molecule has 0 radical (unpaired) electrons. The molecule has 62 valence electrons. The van der Waals surface area contributed by atoms with E-state index in [4.69, 9.17) is 0 Å². The molecule has 0 aliphatic heterocycles. The van der Waals surface area contributed by atoms with Crippen LogP contribution in [0.4, 0.5) is 0 Å². The topological polar surface area (TPSA) is 45.8 Å². The number of hydrogen-bond donors (Lipinski definition) is 1. The van der Waals surface area contributed by atoms with Crippen LogP contribution in [-0.2, 0) is 0 Å². The molecule has 0 saturated carbocycles. The van der Waals surface area contributed by atoms with Crippen molar-refractivity contribution < 1.29 is 0 Å². The van der Waals surface area contributed by atoms with Crippen molar-refractivity contribution in [2.75, 3.05) is 0 Å². The summed E-state index contributed by atoms with van der Waals surface area (Å²) in [5.74, 6) is 0. The molecule has 0 unspecified atom stereocenters. The third-order valence-electron chi connectivity index (χ3n) is 1.67. The number of aromatic nitrogens is 2. The Labute approximate surface area is 86.0 Å². The largest absolute Gasteiger partial charge is 0.313 e. The number of hydrogen-bond acceptors (Lipinski definition) is 3. The molecular weight excluding hydrogens is 287 g/mol. The summed E-state index contributed by atoms with van der Waals surface area (Å²) >= 11 is 3.77. The molecule has 5 heteroatoms. The lowest BCUT2D eigenvalue weighted by molar-refractivity contribution is 1.18. The molecule has 0 spiro atoms. The van der Waals surface area contributed by atoms with Crippen LogP contribution in [0.3, 0.4) is 0 Å². The molecule has 3 nitrogen and oxygen atoms in total. The van der Waals surface area contributed by atoms with Gasteiger partial charge in [-0.2, -0.15) is 0 Å². The minimum Gasteiger partial charge on any atom is -0.313 e. The maximum atomic E-state index is 11.3. The number of nitrogens with one attached hydrogen (secondary N) is 1. The molecule has 0 aliphatic rings. The zero-order valence-electron chi connectivity index (χ0n) is 6.22. The summed E-state index contributed by atoms with van der Waals surface area (Å²) in [4.78, 5) is 18.8. The summed E-state index contributed by atoms with van der Waals surface area (Å²) in [6.45, 7) is 1.94. The molecule has 2 aromatic rings. The van der Waals surface area contributed by atoms with Crippen molar-refractivity contribution in [1.82, 2.24) is 9.97 Å². The van der Waals surface area contributed by atoms with Crippen molar-refractivity contribution >= 4 is 44.1 Å². The van der Waals surface area contributed by atoms with Gasteiger partial charge in [-0.15, -0.1) is 11.3 Å². The SMILES string of the molecule is Cc1c(I)sc2nc[nH]c(=O)c12. The van der Waals surface area contributed by atoms with Gasteiger partial charge >= 0.3 is 0 Å². The molecular formula is C7H5IN2OS. The summed E-state index contributed by atoms with van der Waals surface area (Å²) in [5.41, 5.74) is 0.988. The van der Waals surface area contributed by atoms with Crippen LogP contribution in [0.1, 0.15) is 5.56 Å². The van der Waals surface area contributed by atoms with E-state index in [1.165, 1.54) is 6.33 Å². The Bertz CT molecular complexity index is 488. The average Bonchev–Trinajstić information content (AvgIpc) is 2.29. The number of H-pyrrole nitrogens is 1. The molecule has 0 saturated heterocycles. The van der Waals surface area contributed by atoms with Gasteiger partial charge in [-0.25, -0.2) is 4.98 Å². The fraction of sp³-hybridized carbons (Fsp3) is 0.143. The normalized spacial score (nSPS) is 10.8. The Kier molecular flexibility index (Phi) is 1.91. The minimum atomic E-state index is -0.0448. The van der Waals surface area contributed by atoms with Crippen LogP contribution >= 0.6 is 33.9 Å². The first-order valence-corrected chi connectivity index (χ1v) is 5.22. The number of rotatable bonds is 0. The monoisotopic (exact) mass is 292 g/mol. The van der Waals surface area contributed by atoms with E-state index >= 15 is 0 Å². The molecule has 2 rings (SSSR count). The van der Waals surface area contributed by atoms with Crippen molar-refractivity contribution in [3.63, 3.8) is 0 Å². The highest BCUT2D eigenvalue weighted by molar-refractivity contribution is 14.1. The van der Waals surface area contributed by atoms with E-state index in [0.717, 1.165) is 18.7 Å². The second kappa shape index (κ2) is 2.81. The first-order chi connectivity index (χ1) is 5.70. The third-order valence-corrected chi connectivity index (χ3v) is 4.13. The Morgan fingerprint density at radius 3 is 3.08 bits per heavy atom. The smallest absolute Gasteiger partial charge is 0.259 e. The molecule has 0 fully saturated rings. The van der Waals surface area contributed by atoms with E-state index in [9.17, 15) is 4.79 Å². The Morgan fingerprint density at radius 1 is 1.67 bits per heavy atom. The molecule has 2 aromatic heterocycles. The predicted octanol–water partition coefficient (Wildman–Crippen LogP) is 1.90. The summed E-state index contributed by atoms with van der Waals surface area (Å²) in [6.07, 6.45) is 1.44. The summed E-state index contributed by atoms with van der Waals surface area (Å²) < 4.78 is 1.13. The first-order valence-electron chi connectivity index (χ1n) is 3.32.